The average Bonchev–Trinajstić information content (AvgIpc) is 2.58. The van der Waals surface area contributed by atoms with E-state index < -0.39 is 23.9 Å². The van der Waals surface area contributed by atoms with Gasteiger partial charge < -0.3 is 44.1 Å². The van der Waals surface area contributed by atoms with Gasteiger partial charge in [-0.2, -0.15) is 0 Å². The summed E-state index contributed by atoms with van der Waals surface area (Å²) in [6.07, 6.45) is 2.41. The number of hydrogen-bond donors (Lipinski definition) is 7. The van der Waals surface area contributed by atoms with Crippen molar-refractivity contribution in [1.82, 2.24) is 10.6 Å². The van der Waals surface area contributed by atoms with Crippen molar-refractivity contribution in [3.63, 3.8) is 0 Å². The Bertz CT molecular complexity index is 514. The molecule has 0 saturated carbocycles. The lowest BCUT2D eigenvalue weighted by molar-refractivity contribution is -0.127. The lowest BCUT2D eigenvalue weighted by atomic mass is 10.1. The molecule has 148 valence electrons. The molecule has 0 aromatic carbocycles. The van der Waals surface area contributed by atoms with Gasteiger partial charge in [-0.15, -0.1) is 0 Å². The van der Waals surface area contributed by atoms with Gasteiger partial charge >= 0.3 is 0 Å². The highest BCUT2D eigenvalue weighted by molar-refractivity contribution is 5.88. The average molecular weight is 371 g/mol. The van der Waals surface area contributed by atoms with E-state index in [0.29, 0.717) is 45.1 Å². The molecule has 2 unspecified atom stereocenters. The number of rotatable bonds is 13. The number of aliphatic imine (C=N–C) groups is 2. The molecule has 0 radical (unpaired) electrons. The van der Waals surface area contributed by atoms with Crippen LogP contribution in [-0.2, 0) is 14.4 Å². The molecule has 0 aliphatic carbocycles. The van der Waals surface area contributed by atoms with E-state index in [1.165, 1.54) is 0 Å². The highest BCUT2D eigenvalue weighted by Gasteiger charge is 2.15. The van der Waals surface area contributed by atoms with Crippen molar-refractivity contribution in [2.45, 2.75) is 37.8 Å². The maximum atomic E-state index is 11.8. The largest absolute Gasteiger partial charge is 0.370 e. The molecule has 12 heteroatoms. The summed E-state index contributed by atoms with van der Waals surface area (Å²) >= 11 is 0. The summed E-state index contributed by atoms with van der Waals surface area (Å²) in [7, 11) is 0. The molecule has 0 bridgehead atoms. The van der Waals surface area contributed by atoms with Crippen LogP contribution in [0.25, 0.3) is 0 Å². The number of hydrogen-bond acceptors (Lipinski definition) is 6. The molecule has 2 amide bonds. The first-order valence-corrected chi connectivity index (χ1v) is 8.15. The summed E-state index contributed by atoms with van der Waals surface area (Å²) in [6.45, 7) is 0.442. The first-order chi connectivity index (χ1) is 12.3. The lowest BCUT2D eigenvalue weighted by Crippen LogP contribution is -2.47. The summed E-state index contributed by atoms with van der Waals surface area (Å²) in [5.41, 5.74) is 26.4. The van der Waals surface area contributed by atoms with Crippen molar-refractivity contribution in [1.29, 1.82) is 0 Å². The molecule has 0 fully saturated rings. The fourth-order valence-electron chi connectivity index (χ4n) is 1.90. The number of nitrogens with one attached hydrogen (secondary N) is 2. The summed E-state index contributed by atoms with van der Waals surface area (Å²) < 4.78 is 0. The Balaban J connectivity index is 4.06. The third-order valence-corrected chi connectivity index (χ3v) is 3.21. The number of guanidine groups is 2. The predicted octanol–water partition coefficient (Wildman–Crippen LogP) is -3.78. The Morgan fingerprint density at radius 2 is 1.50 bits per heavy atom. The van der Waals surface area contributed by atoms with Gasteiger partial charge in [0.25, 0.3) is 0 Å². The molecule has 0 aliphatic rings. The van der Waals surface area contributed by atoms with Crippen LogP contribution in [0.2, 0.25) is 0 Å². The van der Waals surface area contributed by atoms with E-state index in [9.17, 15) is 14.4 Å². The van der Waals surface area contributed by atoms with Crippen LogP contribution < -0.4 is 39.3 Å². The minimum absolute atomic E-state index is 0.0253. The summed E-state index contributed by atoms with van der Waals surface area (Å²) in [5, 5.41) is 4.91. The van der Waals surface area contributed by atoms with Crippen LogP contribution >= 0.6 is 0 Å². The smallest absolute Gasteiger partial charge is 0.239 e. The number of nitrogens with two attached hydrogens (primary N) is 5. The molecule has 0 aromatic heterocycles. The molecular weight excluding hydrogens is 342 g/mol. The highest BCUT2D eigenvalue weighted by atomic mass is 16.2. The third-order valence-electron chi connectivity index (χ3n) is 3.21. The van der Waals surface area contributed by atoms with Gasteiger partial charge in [0.05, 0.1) is 18.6 Å². The maximum Gasteiger partial charge on any atom is 0.239 e. The van der Waals surface area contributed by atoms with Crippen molar-refractivity contribution >= 4 is 30.0 Å². The number of aldehydes is 1. The number of carbonyl (C=O) groups is 3. The van der Waals surface area contributed by atoms with Gasteiger partial charge in [-0.05, 0) is 25.7 Å². The molecule has 0 aliphatic heterocycles. The normalized spacial score (nSPS) is 12.3. The van der Waals surface area contributed by atoms with E-state index >= 15 is 0 Å². The fourth-order valence-corrected chi connectivity index (χ4v) is 1.90. The van der Waals surface area contributed by atoms with Gasteiger partial charge in [0, 0.05) is 13.1 Å². The van der Waals surface area contributed by atoms with Gasteiger partial charge in [0.2, 0.25) is 11.8 Å². The molecular formula is C14H29N9O3. The number of nitrogens with zero attached hydrogens (tertiary/aromatic N) is 2. The zero-order valence-electron chi connectivity index (χ0n) is 14.7. The molecule has 12 N–H and O–H groups in total. The fraction of sp³-hybridized carbons (Fsp3) is 0.643. The second kappa shape index (κ2) is 13.4. The Labute approximate surface area is 152 Å². The van der Waals surface area contributed by atoms with Crippen LogP contribution in [0.3, 0.4) is 0 Å². The van der Waals surface area contributed by atoms with E-state index in [1.807, 2.05) is 0 Å². The molecule has 2 atom stereocenters. The van der Waals surface area contributed by atoms with Crippen LogP contribution in [0, 0.1) is 0 Å². The van der Waals surface area contributed by atoms with E-state index in [4.69, 9.17) is 28.7 Å². The number of amides is 2. The SMILES string of the molecule is NC(N)=NCCCC(C=O)NC(=O)CNC(=O)C(N)CCCN=C(N)N. The molecule has 0 spiro atoms. The topological polar surface area (TPSA) is 230 Å². The van der Waals surface area contributed by atoms with Crippen molar-refractivity contribution in [3.8, 4) is 0 Å². The van der Waals surface area contributed by atoms with Gasteiger partial charge in [-0.1, -0.05) is 0 Å². The van der Waals surface area contributed by atoms with Crippen molar-refractivity contribution < 1.29 is 14.4 Å². The van der Waals surface area contributed by atoms with Crippen LogP contribution in [-0.4, -0.2) is 61.7 Å². The number of carbonyl (C=O) groups excluding carboxylic acids is 3. The second-order valence-electron chi connectivity index (χ2n) is 5.53. The van der Waals surface area contributed by atoms with Crippen molar-refractivity contribution in [3.05, 3.63) is 0 Å². The standard InChI is InChI=1S/C14H29N9O3/c15-10(4-2-6-21-14(18)19)12(26)22-7-11(25)23-9(8-24)3-1-5-20-13(16)17/h8-10H,1-7,15H2,(H,22,26)(H,23,25)(H4,16,17,20)(H4,18,19,21). The van der Waals surface area contributed by atoms with E-state index in [-0.39, 0.29) is 18.5 Å². The first kappa shape index (κ1) is 23.1. The molecule has 12 nitrogen and oxygen atoms in total. The van der Waals surface area contributed by atoms with E-state index in [1.54, 1.807) is 0 Å². The van der Waals surface area contributed by atoms with Crippen LogP contribution in [0.4, 0.5) is 0 Å². The Morgan fingerprint density at radius 1 is 0.962 bits per heavy atom. The monoisotopic (exact) mass is 371 g/mol. The zero-order chi connectivity index (χ0) is 19.9. The second-order valence-corrected chi connectivity index (χ2v) is 5.53. The summed E-state index contributed by atoms with van der Waals surface area (Å²) in [6, 6.07) is -1.46. The van der Waals surface area contributed by atoms with Crippen LogP contribution in [0.5, 0.6) is 0 Å². The Hall–Kier alpha value is -2.89. The van der Waals surface area contributed by atoms with Crippen LogP contribution in [0.1, 0.15) is 25.7 Å². The minimum atomic E-state index is -0.779. The van der Waals surface area contributed by atoms with Gasteiger partial charge in [0.15, 0.2) is 11.9 Å². The molecule has 0 rings (SSSR count). The molecule has 26 heavy (non-hydrogen) atoms. The van der Waals surface area contributed by atoms with Crippen molar-refractivity contribution in [2.24, 2.45) is 38.7 Å². The molecule has 0 saturated heterocycles. The Morgan fingerprint density at radius 3 is 2.00 bits per heavy atom. The lowest BCUT2D eigenvalue weighted by Gasteiger charge is -2.14. The van der Waals surface area contributed by atoms with Crippen LogP contribution in [0.15, 0.2) is 9.98 Å². The molecule has 0 aromatic rings. The first-order valence-electron chi connectivity index (χ1n) is 8.15. The summed E-state index contributed by atoms with van der Waals surface area (Å²) in [4.78, 5) is 42.1. The van der Waals surface area contributed by atoms with Gasteiger partial charge in [-0.25, -0.2) is 0 Å². The molecule has 0 heterocycles. The van der Waals surface area contributed by atoms with Gasteiger partial charge in [0.1, 0.15) is 6.29 Å². The Kier molecular flexibility index (Phi) is 11.9. The maximum absolute atomic E-state index is 11.8. The quantitative estimate of drug-likeness (QED) is 0.0732. The summed E-state index contributed by atoms with van der Waals surface area (Å²) in [5.74, 6) is -1.03. The van der Waals surface area contributed by atoms with E-state index in [0.717, 1.165) is 0 Å². The third kappa shape index (κ3) is 12.5. The highest BCUT2D eigenvalue weighted by Crippen LogP contribution is 1.97. The van der Waals surface area contributed by atoms with Gasteiger partial charge in [-0.3, -0.25) is 19.6 Å². The zero-order valence-corrected chi connectivity index (χ0v) is 14.7. The predicted molar refractivity (Wildman–Crippen MR) is 98.8 cm³/mol. The minimum Gasteiger partial charge on any atom is -0.370 e. The van der Waals surface area contributed by atoms with Crippen molar-refractivity contribution in [2.75, 3.05) is 19.6 Å². The van der Waals surface area contributed by atoms with E-state index in [2.05, 4.69) is 20.6 Å².